The molecular weight excluding hydrogens is 260 g/mol. The highest BCUT2D eigenvalue weighted by Crippen LogP contribution is 2.16. The van der Waals surface area contributed by atoms with Gasteiger partial charge in [-0.05, 0) is 24.3 Å². The van der Waals surface area contributed by atoms with E-state index in [1.165, 1.54) is 0 Å². The summed E-state index contributed by atoms with van der Waals surface area (Å²) >= 11 is 0. The fourth-order valence-corrected chi connectivity index (χ4v) is 1.82. The second-order valence-corrected chi connectivity index (χ2v) is 4.14. The summed E-state index contributed by atoms with van der Waals surface area (Å²) in [6.45, 7) is 3.89. The van der Waals surface area contributed by atoms with Crippen LogP contribution in [0.2, 0.25) is 0 Å². The molecule has 0 fully saturated rings. The molecule has 0 atom stereocenters. The maximum atomic E-state index is 9.18. The molecule has 2 rings (SSSR count). The number of rotatable bonds is 5. The van der Waals surface area contributed by atoms with E-state index in [0.717, 1.165) is 11.5 Å². The van der Waals surface area contributed by atoms with E-state index in [0.29, 0.717) is 24.4 Å². The van der Waals surface area contributed by atoms with Crippen LogP contribution in [0.4, 0.5) is 0 Å². The quantitative estimate of drug-likeness (QED) is 0.498. The lowest BCUT2D eigenvalue weighted by Crippen LogP contribution is -2.16. The van der Waals surface area contributed by atoms with Crippen LogP contribution in [0.15, 0.2) is 43.4 Å². The van der Waals surface area contributed by atoms with Crippen LogP contribution < -0.4 is 0 Å². The lowest BCUT2D eigenvalue weighted by molar-refractivity contribution is 0.312. The van der Waals surface area contributed by atoms with Crippen LogP contribution in [0.3, 0.4) is 0 Å². The molecule has 0 unspecified atom stereocenters. The van der Waals surface area contributed by atoms with Crippen molar-refractivity contribution in [3.63, 3.8) is 0 Å². The zero-order valence-corrected chi connectivity index (χ0v) is 11.3. The second kappa shape index (κ2) is 6.10. The number of hydrogen-bond donors (Lipinski definition) is 2. The minimum atomic E-state index is 0.0178. The molecule has 0 radical (unpaired) electrons. The van der Waals surface area contributed by atoms with Crippen LogP contribution in [0, 0.1) is 0 Å². The Labute approximate surface area is 116 Å². The Morgan fingerprint density at radius 3 is 1.50 bits per heavy atom. The number of nitrogens with zero attached hydrogens (tertiary/aromatic N) is 2. The van der Waals surface area contributed by atoms with Gasteiger partial charge in [0.25, 0.3) is 0 Å². The normalized spacial score (nSPS) is 12.9. The van der Waals surface area contributed by atoms with Gasteiger partial charge in [0.05, 0.1) is 0 Å². The van der Waals surface area contributed by atoms with Crippen LogP contribution in [0.5, 0.6) is 0 Å². The average Bonchev–Trinajstić information content (AvgIpc) is 3.13. The van der Waals surface area contributed by atoms with E-state index in [2.05, 4.69) is 10.3 Å². The molecule has 0 saturated heterocycles. The molecule has 2 heterocycles. The van der Waals surface area contributed by atoms with Gasteiger partial charge in [0.15, 0.2) is 22.9 Å². The van der Waals surface area contributed by atoms with E-state index < -0.39 is 0 Å². The van der Waals surface area contributed by atoms with Gasteiger partial charge in [-0.3, -0.25) is 0 Å². The molecule has 0 aliphatic carbocycles. The van der Waals surface area contributed by atoms with E-state index in [9.17, 15) is 10.4 Å². The van der Waals surface area contributed by atoms with Crippen molar-refractivity contribution in [1.82, 2.24) is 0 Å². The van der Waals surface area contributed by atoms with Crippen LogP contribution in [-0.2, 0) is 12.8 Å². The maximum Gasteiger partial charge on any atom is 0.177 e. The van der Waals surface area contributed by atoms with E-state index in [1.54, 1.807) is 24.3 Å². The standard InChI is InChI=1S/C14H16N2O4/c1-3-9-5-7-11(19-9)13(15-17)14(16-18)12-8-6-10(4-2)20-12/h5-8,17-18H,3-4H2,1-2H3/b15-13+,16-14+. The van der Waals surface area contributed by atoms with Crippen molar-refractivity contribution in [3.05, 3.63) is 47.3 Å². The predicted octanol–water partition coefficient (Wildman–Crippen LogP) is 3.05. The molecule has 0 bridgehead atoms. The first-order chi connectivity index (χ1) is 9.73. The van der Waals surface area contributed by atoms with Crippen LogP contribution >= 0.6 is 0 Å². The predicted molar refractivity (Wildman–Crippen MR) is 72.8 cm³/mol. The van der Waals surface area contributed by atoms with Crippen molar-refractivity contribution >= 4 is 11.4 Å². The van der Waals surface area contributed by atoms with Gasteiger partial charge in [0, 0.05) is 12.8 Å². The van der Waals surface area contributed by atoms with Crippen molar-refractivity contribution < 1.29 is 19.2 Å². The third-order valence-electron chi connectivity index (χ3n) is 2.91. The third-order valence-corrected chi connectivity index (χ3v) is 2.91. The summed E-state index contributed by atoms with van der Waals surface area (Å²) in [6.07, 6.45) is 1.43. The fourth-order valence-electron chi connectivity index (χ4n) is 1.82. The average molecular weight is 276 g/mol. The Morgan fingerprint density at radius 1 is 0.850 bits per heavy atom. The molecule has 0 saturated carbocycles. The number of furan rings is 2. The third kappa shape index (κ3) is 2.59. The summed E-state index contributed by atoms with van der Waals surface area (Å²) in [4.78, 5) is 0. The zero-order chi connectivity index (χ0) is 14.5. The van der Waals surface area contributed by atoms with Gasteiger partial charge >= 0.3 is 0 Å². The first-order valence-electron chi connectivity index (χ1n) is 6.36. The van der Waals surface area contributed by atoms with Gasteiger partial charge in [0.2, 0.25) is 0 Å². The lowest BCUT2D eigenvalue weighted by atomic mass is 10.1. The topological polar surface area (TPSA) is 91.5 Å². The Balaban J connectivity index is 2.38. The molecule has 6 nitrogen and oxygen atoms in total. The van der Waals surface area contributed by atoms with E-state index in [-0.39, 0.29) is 11.4 Å². The summed E-state index contributed by atoms with van der Waals surface area (Å²) in [5.41, 5.74) is 0.0356. The van der Waals surface area contributed by atoms with Gasteiger partial charge in [-0.2, -0.15) is 0 Å². The minimum absolute atomic E-state index is 0.0178. The maximum absolute atomic E-state index is 9.18. The van der Waals surface area contributed by atoms with Gasteiger partial charge < -0.3 is 19.2 Å². The first kappa shape index (κ1) is 13.9. The summed E-state index contributed by atoms with van der Waals surface area (Å²) in [6, 6.07) is 6.86. The minimum Gasteiger partial charge on any atom is -0.459 e. The summed E-state index contributed by atoms with van der Waals surface area (Å²) in [5.74, 6) is 2.11. The van der Waals surface area contributed by atoms with Crippen LogP contribution in [-0.4, -0.2) is 21.8 Å². The van der Waals surface area contributed by atoms with Gasteiger partial charge in [-0.1, -0.05) is 24.2 Å². The fraction of sp³-hybridized carbons (Fsp3) is 0.286. The van der Waals surface area contributed by atoms with Gasteiger partial charge in [-0.15, -0.1) is 0 Å². The molecular formula is C14H16N2O4. The van der Waals surface area contributed by atoms with Crippen molar-refractivity contribution in [3.8, 4) is 0 Å². The number of hydrogen-bond acceptors (Lipinski definition) is 6. The molecule has 6 heteroatoms. The van der Waals surface area contributed by atoms with E-state index in [4.69, 9.17) is 8.83 Å². The molecule has 0 spiro atoms. The highest BCUT2D eigenvalue weighted by molar-refractivity contribution is 6.52. The molecule has 0 amide bonds. The summed E-state index contributed by atoms with van der Waals surface area (Å²) in [5, 5.41) is 24.7. The molecule has 20 heavy (non-hydrogen) atoms. The Morgan fingerprint density at radius 2 is 1.25 bits per heavy atom. The van der Waals surface area contributed by atoms with Crippen molar-refractivity contribution in [1.29, 1.82) is 0 Å². The summed E-state index contributed by atoms with van der Waals surface area (Å²) in [7, 11) is 0. The smallest absolute Gasteiger partial charge is 0.177 e. The molecule has 0 aliphatic heterocycles. The Bertz CT molecular complexity index is 581. The molecule has 2 aromatic rings. The summed E-state index contributed by atoms with van der Waals surface area (Å²) < 4.78 is 11.0. The van der Waals surface area contributed by atoms with Crippen LogP contribution in [0.1, 0.15) is 36.9 Å². The van der Waals surface area contributed by atoms with Crippen molar-refractivity contribution in [2.24, 2.45) is 10.3 Å². The monoisotopic (exact) mass is 276 g/mol. The molecule has 0 aliphatic rings. The molecule has 2 N–H and O–H groups in total. The molecule has 0 aromatic carbocycles. The number of aryl methyl sites for hydroxylation is 2. The highest BCUT2D eigenvalue weighted by Gasteiger charge is 2.22. The van der Waals surface area contributed by atoms with Gasteiger partial charge in [0.1, 0.15) is 11.5 Å². The van der Waals surface area contributed by atoms with Crippen LogP contribution in [0.25, 0.3) is 0 Å². The molecule has 2 aromatic heterocycles. The largest absolute Gasteiger partial charge is 0.459 e. The van der Waals surface area contributed by atoms with Gasteiger partial charge in [-0.25, -0.2) is 0 Å². The Hall–Kier alpha value is -2.50. The second-order valence-electron chi connectivity index (χ2n) is 4.14. The first-order valence-corrected chi connectivity index (χ1v) is 6.36. The van der Waals surface area contributed by atoms with E-state index in [1.807, 2.05) is 13.8 Å². The van der Waals surface area contributed by atoms with Crippen molar-refractivity contribution in [2.45, 2.75) is 26.7 Å². The Kier molecular flexibility index (Phi) is 4.24. The highest BCUT2D eigenvalue weighted by atomic mass is 16.4. The van der Waals surface area contributed by atoms with E-state index >= 15 is 0 Å². The molecule has 106 valence electrons. The SMILES string of the molecule is CCc1ccc(C(=N\O)/C(=N/O)c2ccc(CC)o2)o1. The lowest BCUT2D eigenvalue weighted by Gasteiger charge is -2.01. The van der Waals surface area contributed by atoms with Crippen molar-refractivity contribution in [2.75, 3.05) is 0 Å². The number of oxime groups is 2. The zero-order valence-electron chi connectivity index (χ0n) is 11.3.